The minimum Gasteiger partial charge on any atom is -0.480 e. The highest BCUT2D eigenvalue weighted by molar-refractivity contribution is 5.83. The molecule has 0 aromatic heterocycles. The number of aliphatic hydroxyl groups excluding tert-OH is 1. The molecule has 6 heteroatoms. The van der Waals surface area contributed by atoms with Crippen molar-refractivity contribution < 1.29 is 19.8 Å². The van der Waals surface area contributed by atoms with Gasteiger partial charge in [-0.2, -0.15) is 0 Å². The summed E-state index contributed by atoms with van der Waals surface area (Å²) in [4.78, 5) is 25.1. The molecule has 1 fully saturated rings. The second kappa shape index (κ2) is 6.92. The summed E-state index contributed by atoms with van der Waals surface area (Å²) in [6.45, 7) is 6.72. The third kappa shape index (κ3) is 4.67. The van der Waals surface area contributed by atoms with Gasteiger partial charge in [0.25, 0.3) is 0 Å². The lowest BCUT2D eigenvalue weighted by molar-refractivity contribution is -0.142. The minimum atomic E-state index is -1.02. The fourth-order valence-corrected chi connectivity index (χ4v) is 2.53. The van der Waals surface area contributed by atoms with Crippen LogP contribution < -0.4 is 5.32 Å². The van der Waals surface area contributed by atoms with E-state index in [9.17, 15) is 14.7 Å². The summed E-state index contributed by atoms with van der Waals surface area (Å²) in [7, 11) is 0. The first kappa shape index (κ1) is 16.8. The van der Waals surface area contributed by atoms with Gasteiger partial charge >= 0.3 is 12.0 Å². The van der Waals surface area contributed by atoms with E-state index in [0.29, 0.717) is 25.4 Å². The largest absolute Gasteiger partial charge is 0.480 e. The smallest absolute Gasteiger partial charge is 0.326 e. The van der Waals surface area contributed by atoms with E-state index >= 15 is 0 Å². The lowest BCUT2D eigenvalue weighted by Crippen LogP contribution is -2.55. The van der Waals surface area contributed by atoms with Gasteiger partial charge in [0.15, 0.2) is 0 Å². The molecule has 116 valence electrons. The van der Waals surface area contributed by atoms with Crippen molar-refractivity contribution in [1.29, 1.82) is 0 Å². The summed E-state index contributed by atoms with van der Waals surface area (Å²) in [5.41, 5.74) is -0.540. The van der Waals surface area contributed by atoms with E-state index in [1.807, 2.05) is 0 Å². The fourth-order valence-electron chi connectivity index (χ4n) is 2.53. The average molecular weight is 286 g/mol. The van der Waals surface area contributed by atoms with E-state index in [2.05, 4.69) is 5.32 Å². The van der Waals surface area contributed by atoms with E-state index in [0.717, 1.165) is 12.8 Å². The van der Waals surface area contributed by atoms with Crippen molar-refractivity contribution in [3.63, 3.8) is 0 Å². The third-order valence-electron chi connectivity index (χ3n) is 3.72. The lowest BCUT2D eigenvalue weighted by atomic mass is 9.87. The van der Waals surface area contributed by atoms with Crippen molar-refractivity contribution >= 4 is 12.0 Å². The Hall–Kier alpha value is -1.30. The van der Waals surface area contributed by atoms with Gasteiger partial charge in [-0.3, -0.25) is 0 Å². The van der Waals surface area contributed by atoms with Crippen molar-refractivity contribution in [3.05, 3.63) is 0 Å². The highest BCUT2D eigenvalue weighted by Crippen LogP contribution is 2.22. The molecule has 1 saturated heterocycles. The molecule has 1 unspecified atom stereocenters. The Morgan fingerprint density at radius 2 is 2.05 bits per heavy atom. The molecule has 0 spiro atoms. The van der Waals surface area contributed by atoms with Crippen LogP contribution in [0.25, 0.3) is 0 Å². The predicted octanol–water partition coefficient (Wildman–Crippen LogP) is 1.29. The summed E-state index contributed by atoms with van der Waals surface area (Å²) >= 11 is 0. The standard InChI is InChI=1S/C14H26N2O4/c1-14(2,3)11(12(18)19)15-13(20)16-7-4-5-10(9-16)6-8-17/h10-11,17H,4-9H2,1-3H3,(H,15,20)(H,18,19)/t10?,11-/m1/s1. The van der Waals surface area contributed by atoms with E-state index in [1.165, 1.54) is 0 Å². The molecule has 1 heterocycles. The molecular weight excluding hydrogens is 260 g/mol. The number of likely N-dealkylation sites (tertiary alicyclic amines) is 1. The SMILES string of the molecule is CC(C)(C)[C@H](NC(=O)N1CCCC(CCO)C1)C(=O)O. The van der Waals surface area contributed by atoms with E-state index in [4.69, 9.17) is 5.11 Å². The Labute approximate surface area is 120 Å². The summed E-state index contributed by atoms with van der Waals surface area (Å²) < 4.78 is 0. The van der Waals surface area contributed by atoms with Crippen LogP contribution in [-0.4, -0.2) is 52.9 Å². The molecule has 0 aromatic rings. The monoisotopic (exact) mass is 286 g/mol. The zero-order valence-corrected chi connectivity index (χ0v) is 12.6. The Morgan fingerprint density at radius 3 is 2.55 bits per heavy atom. The number of amides is 2. The number of nitrogens with one attached hydrogen (secondary N) is 1. The zero-order valence-electron chi connectivity index (χ0n) is 12.6. The van der Waals surface area contributed by atoms with Gasteiger partial charge in [0.05, 0.1) is 0 Å². The maximum absolute atomic E-state index is 12.2. The van der Waals surface area contributed by atoms with Gasteiger partial charge in [-0.05, 0) is 30.6 Å². The summed E-state index contributed by atoms with van der Waals surface area (Å²) in [5, 5.41) is 20.8. The van der Waals surface area contributed by atoms with Crippen molar-refractivity contribution in [1.82, 2.24) is 10.2 Å². The van der Waals surface area contributed by atoms with Crippen LogP contribution >= 0.6 is 0 Å². The van der Waals surface area contributed by atoms with Gasteiger partial charge in [-0.15, -0.1) is 0 Å². The van der Waals surface area contributed by atoms with Gasteiger partial charge in [-0.1, -0.05) is 20.8 Å². The molecule has 0 radical (unpaired) electrons. The molecule has 6 nitrogen and oxygen atoms in total. The number of aliphatic hydroxyl groups is 1. The van der Waals surface area contributed by atoms with E-state index in [1.54, 1.807) is 25.7 Å². The molecule has 0 bridgehead atoms. The van der Waals surface area contributed by atoms with Crippen molar-refractivity contribution in [2.75, 3.05) is 19.7 Å². The second-order valence-corrected chi connectivity index (χ2v) is 6.55. The third-order valence-corrected chi connectivity index (χ3v) is 3.72. The number of piperidine rings is 1. The zero-order chi connectivity index (χ0) is 15.3. The number of carboxylic acids is 1. The quantitative estimate of drug-likeness (QED) is 0.726. The van der Waals surface area contributed by atoms with Crippen molar-refractivity contribution in [2.45, 2.75) is 46.1 Å². The molecule has 20 heavy (non-hydrogen) atoms. The van der Waals surface area contributed by atoms with Gasteiger partial charge in [0.1, 0.15) is 6.04 Å². The summed E-state index contributed by atoms with van der Waals surface area (Å²) in [6, 6.07) is -1.23. The normalized spacial score (nSPS) is 21.4. The van der Waals surface area contributed by atoms with Crippen LogP contribution in [0.1, 0.15) is 40.0 Å². The van der Waals surface area contributed by atoms with Crippen LogP contribution in [0.2, 0.25) is 0 Å². The Kier molecular flexibility index (Phi) is 5.80. The molecule has 3 N–H and O–H groups in total. The van der Waals surface area contributed by atoms with E-state index < -0.39 is 17.4 Å². The number of hydrogen-bond donors (Lipinski definition) is 3. The second-order valence-electron chi connectivity index (χ2n) is 6.55. The number of hydrogen-bond acceptors (Lipinski definition) is 3. The van der Waals surface area contributed by atoms with Crippen LogP contribution in [0.3, 0.4) is 0 Å². The summed E-state index contributed by atoms with van der Waals surface area (Å²) in [5.74, 6) is -0.716. The lowest BCUT2D eigenvalue weighted by Gasteiger charge is -2.35. The molecule has 0 aromatic carbocycles. The Morgan fingerprint density at radius 1 is 1.40 bits per heavy atom. The van der Waals surface area contributed by atoms with Gasteiger partial charge < -0.3 is 20.4 Å². The number of urea groups is 1. The highest BCUT2D eigenvalue weighted by Gasteiger charge is 2.34. The minimum absolute atomic E-state index is 0.125. The van der Waals surface area contributed by atoms with Gasteiger partial charge in [0.2, 0.25) is 0 Å². The predicted molar refractivity (Wildman–Crippen MR) is 75.4 cm³/mol. The molecule has 0 aliphatic carbocycles. The van der Waals surface area contributed by atoms with Crippen LogP contribution in [0.5, 0.6) is 0 Å². The first-order valence-electron chi connectivity index (χ1n) is 7.14. The van der Waals surface area contributed by atoms with Crippen LogP contribution in [0, 0.1) is 11.3 Å². The number of carbonyl (C=O) groups is 2. The van der Waals surface area contributed by atoms with Crippen molar-refractivity contribution in [2.24, 2.45) is 11.3 Å². The van der Waals surface area contributed by atoms with Gasteiger partial charge in [-0.25, -0.2) is 9.59 Å². The maximum Gasteiger partial charge on any atom is 0.326 e. The number of rotatable bonds is 4. The number of carboxylic acid groups (broad SMARTS) is 1. The number of aliphatic carboxylic acids is 1. The Bertz CT molecular complexity index is 350. The fraction of sp³-hybridized carbons (Fsp3) is 0.857. The van der Waals surface area contributed by atoms with E-state index in [-0.39, 0.29) is 12.6 Å². The molecule has 1 aliphatic heterocycles. The van der Waals surface area contributed by atoms with Crippen LogP contribution in [0.15, 0.2) is 0 Å². The molecular formula is C14H26N2O4. The molecule has 2 amide bonds. The first-order chi connectivity index (χ1) is 9.25. The Balaban J connectivity index is 2.62. The molecule has 0 saturated carbocycles. The highest BCUT2D eigenvalue weighted by atomic mass is 16.4. The molecule has 1 aliphatic rings. The van der Waals surface area contributed by atoms with Crippen LogP contribution in [0.4, 0.5) is 4.79 Å². The first-order valence-corrected chi connectivity index (χ1v) is 7.14. The molecule has 1 rings (SSSR count). The molecule has 2 atom stereocenters. The topological polar surface area (TPSA) is 89.9 Å². The number of carbonyl (C=O) groups excluding carboxylic acids is 1. The average Bonchev–Trinajstić information content (AvgIpc) is 2.34. The van der Waals surface area contributed by atoms with Crippen LogP contribution in [-0.2, 0) is 4.79 Å². The number of nitrogens with zero attached hydrogens (tertiary/aromatic N) is 1. The maximum atomic E-state index is 12.2. The summed E-state index contributed by atoms with van der Waals surface area (Å²) in [6.07, 6.45) is 2.59. The van der Waals surface area contributed by atoms with Gasteiger partial charge in [0, 0.05) is 19.7 Å². The van der Waals surface area contributed by atoms with Crippen molar-refractivity contribution in [3.8, 4) is 0 Å².